The number of hydrogen-bond acceptors (Lipinski definition) is 6. The molecule has 0 saturated carbocycles. The molecule has 3 heterocycles. The fourth-order valence-corrected chi connectivity index (χ4v) is 4.50. The van der Waals surface area contributed by atoms with Gasteiger partial charge >= 0.3 is 18.0 Å². The smallest absolute Gasteiger partial charge is 0.418 e. The molecule has 220 valence electrons. The number of carbonyl (C=O) groups is 1. The van der Waals surface area contributed by atoms with Crippen LogP contribution in [0.2, 0.25) is 0 Å². The van der Waals surface area contributed by atoms with Crippen molar-refractivity contribution in [2.45, 2.75) is 50.7 Å². The molecule has 1 amide bonds. The Balaban J connectivity index is 1.75. The highest BCUT2D eigenvalue weighted by Gasteiger charge is 2.50. The molecule has 0 spiro atoms. The third-order valence-corrected chi connectivity index (χ3v) is 6.68. The number of alkyl carbamates (subject to hydrolysis) is 1. The van der Waals surface area contributed by atoms with Crippen LogP contribution in [-0.4, -0.2) is 64.2 Å². The Kier molecular flexibility index (Phi) is 7.74. The second-order valence-corrected chi connectivity index (χ2v) is 10.8. The van der Waals surface area contributed by atoms with E-state index in [1.165, 1.54) is 31.4 Å². The fourth-order valence-electron chi connectivity index (χ4n) is 4.50. The number of pyridine rings is 1. The molecule has 0 radical (unpaired) electrons. The summed E-state index contributed by atoms with van der Waals surface area (Å²) in [5, 5.41) is 17.8. The minimum absolute atomic E-state index is 0.0176. The van der Waals surface area contributed by atoms with Crippen LogP contribution in [0.3, 0.4) is 0 Å². The van der Waals surface area contributed by atoms with Gasteiger partial charge in [0.15, 0.2) is 6.17 Å². The summed E-state index contributed by atoms with van der Waals surface area (Å²) in [6.07, 6.45) is -4.42. The molecule has 1 fully saturated rings. The Labute approximate surface area is 232 Å². The van der Waals surface area contributed by atoms with Crippen LogP contribution in [0.15, 0.2) is 47.5 Å². The van der Waals surface area contributed by atoms with Crippen molar-refractivity contribution in [2.24, 2.45) is 0 Å². The summed E-state index contributed by atoms with van der Waals surface area (Å²) >= 11 is 0. The third-order valence-electron chi connectivity index (χ3n) is 6.68. The predicted octanol–water partition coefficient (Wildman–Crippen LogP) is 4.26. The van der Waals surface area contributed by atoms with Crippen molar-refractivity contribution in [2.75, 3.05) is 20.3 Å². The molecule has 1 aromatic carbocycles. The number of alkyl halides is 4. The first-order chi connectivity index (χ1) is 19.1. The van der Waals surface area contributed by atoms with Gasteiger partial charge in [-0.2, -0.15) is 13.2 Å². The number of aromatic nitrogens is 2. The maximum absolute atomic E-state index is 15.6. The molecule has 41 heavy (non-hydrogen) atoms. The summed E-state index contributed by atoms with van der Waals surface area (Å²) in [7, 11) is 1.37. The Morgan fingerprint density at radius 1 is 1.24 bits per heavy atom. The zero-order valence-corrected chi connectivity index (χ0v) is 22.8. The standard InChI is InChI=1S/C27H30F4N6O4/c1-25(2,3)41-23(38)34-10-16-8-19(27(29,30)31)20-12-36(24(39)37(20)11-16)18-7-5-6-17(9-18)26(13-40-14-26)21(28)22(33)35(4)15-32/h5-9,11-12,15,21,32-33H,10,13-14H2,1-4H3,(H,34,38). The fraction of sp³-hybridized carbons (Fsp3) is 0.407. The monoisotopic (exact) mass is 578 g/mol. The largest absolute Gasteiger partial charge is 0.444 e. The molecule has 0 bridgehead atoms. The number of carbonyl (C=O) groups excluding carboxylic acids is 1. The van der Waals surface area contributed by atoms with Gasteiger partial charge in [0.2, 0.25) is 0 Å². The number of amides is 1. The highest BCUT2D eigenvalue weighted by molar-refractivity contribution is 5.93. The molecule has 4 rings (SSSR count). The summed E-state index contributed by atoms with van der Waals surface area (Å²) < 4.78 is 70.0. The van der Waals surface area contributed by atoms with E-state index in [1.54, 1.807) is 26.8 Å². The molecule has 1 unspecified atom stereocenters. The van der Waals surface area contributed by atoms with E-state index < -0.39 is 52.1 Å². The van der Waals surface area contributed by atoms with Gasteiger partial charge in [0.1, 0.15) is 11.4 Å². The molecular formula is C27H30F4N6O4. The van der Waals surface area contributed by atoms with E-state index in [0.717, 1.165) is 32.5 Å². The van der Waals surface area contributed by atoms with E-state index in [1.807, 2.05) is 0 Å². The van der Waals surface area contributed by atoms with Crippen molar-refractivity contribution in [3.8, 4) is 5.69 Å². The van der Waals surface area contributed by atoms with Gasteiger partial charge in [-0.3, -0.25) is 19.8 Å². The van der Waals surface area contributed by atoms with E-state index >= 15 is 4.39 Å². The molecule has 1 atom stereocenters. The highest BCUT2D eigenvalue weighted by atomic mass is 19.4. The number of rotatable bonds is 7. The van der Waals surface area contributed by atoms with Gasteiger partial charge in [-0.15, -0.1) is 0 Å². The molecule has 10 nitrogen and oxygen atoms in total. The average Bonchev–Trinajstić information content (AvgIpc) is 3.20. The van der Waals surface area contributed by atoms with Crippen molar-refractivity contribution in [1.82, 2.24) is 19.2 Å². The van der Waals surface area contributed by atoms with Crippen LogP contribution in [0, 0.1) is 10.8 Å². The van der Waals surface area contributed by atoms with Gasteiger partial charge in [0.05, 0.1) is 41.7 Å². The van der Waals surface area contributed by atoms with E-state index in [4.69, 9.17) is 20.3 Å². The minimum Gasteiger partial charge on any atom is -0.444 e. The first-order valence-corrected chi connectivity index (χ1v) is 12.5. The maximum Gasteiger partial charge on any atom is 0.418 e. The van der Waals surface area contributed by atoms with Crippen LogP contribution in [0.5, 0.6) is 0 Å². The van der Waals surface area contributed by atoms with Gasteiger partial charge in [0.25, 0.3) is 0 Å². The van der Waals surface area contributed by atoms with Gasteiger partial charge in [-0.25, -0.2) is 14.0 Å². The number of benzene rings is 1. The lowest BCUT2D eigenvalue weighted by Gasteiger charge is -2.45. The number of nitrogens with one attached hydrogen (secondary N) is 3. The first kappa shape index (κ1) is 29.8. The zero-order valence-electron chi connectivity index (χ0n) is 22.8. The number of hydrogen-bond donors (Lipinski definition) is 3. The summed E-state index contributed by atoms with van der Waals surface area (Å²) in [5.74, 6) is -0.456. The van der Waals surface area contributed by atoms with Gasteiger partial charge < -0.3 is 19.7 Å². The summed E-state index contributed by atoms with van der Waals surface area (Å²) in [6, 6.07) is 6.96. The van der Waals surface area contributed by atoms with Crippen LogP contribution in [-0.2, 0) is 27.6 Å². The zero-order chi connectivity index (χ0) is 30.3. The van der Waals surface area contributed by atoms with Crippen LogP contribution in [0.25, 0.3) is 11.2 Å². The number of halogens is 4. The first-order valence-electron chi connectivity index (χ1n) is 12.5. The lowest BCUT2D eigenvalue weighted by molar-refractivity contribution is -0.136. The van der Waals surface area contributed by atoms with Crippen molar-refractivity contribution >= 4 is 23.8 Å². The number of imidazole rings is 1. The second kappa shape index (κ2) is 10.7. The van der Waals surface area contributed by atoms with Gasteiger partial charge in [0, 0.05) is 26.0 Å². The Hall–Kier alpha value is -4.20. The van der Waals surface area contributed by atoms with Crippen LogP contribution in [0.1, 0.15) is 37.5 Å². The van der Waals surface area contributed by atoms with Crippen molar-refractivity contribution < 1.29 is 31.8 Å². The molecule has 1 saturated heterocycles. The number of amidine groups is 1. The molecule has 3 aromatic rings. The number of fused-ring (bicyclic) bond motifs is 1. The van der Waals surface area contributed by atoms with Gasteiger partial charge in [-0.1, -0.05) is 12.1 Å². The molecular weight excluding hydrogens is 548 g/mol. The average molecular weight is 579 g/mol. The summed E-state index contributed by atoms with van der Waals surface area (Å²) in [6.45, 7) is 4.48. The molecule has 3 N–H and O–H groups in total. The Morgan fingerprint density at radius 2 is 1.93 bits per heavy atom. The van der Waals surface area contributed by atoms with Crippen molar-refractivity contribution in [3.05, 3.63) is 69.9 Å². The predicted molar refractivity (Wildman–Crippen MR) is 143 cm³/mol. The quantitative estimate of drug-likeness (QED) is 0.220. The normalized spacial score (nSPS) is 15.6. The van der Waals surface area contributed by atoms with Crippen molar-refractivity contribution in [1.29, 1.82) is 10.8 Å². The van der Waals surface area contributed by atoms with Crippen LogP contribution in [0.4, 0.5) is 22.4 Å². The molecule has 14 heteroatoms. The van der Waals surface area contributed by atoms with E-state index in [0.29, 0.717) is 5.56 Å². The van der Waals surface area contributed by atoms with E-state index in [-0.39, 0.29) is 31.0 Å². The molecule has 1 aliphatic rings. The second-order valence-electron chi connectivity index (χ2n) is 10.8. The topological polar surface area (TPSA) is 125 Å². The summed E-state index contributed by atoms with van der Waals surface area (Å²) in [5.41, 5.74) is -3.79. The minimum atomic E-state index is -4.82. The lowest BCUT2D eigenvalue weighted by atomic mass is 9.74. The molecule has 0 aliphatic carbocycles. The Morgan fingerprint density at radius 3 is 2.49 bits per heavy atom. The Bertz CT molecular complexity index is 1550. The van der Waals surface area contributed by atoms with E-state index in [2.05, 4.69) is 5.32 Å². The number of nitrogens with zero attached hydrogens (tertiary/aromatic N) is 3. The van der Waals surface area contributed by atoms with Crippen LogP contribution < -0.4 is 11.0 Å². The van der Waals surface area contributed by atoms with E-state index in [9.17, 15) is 22.8 Å². The maximum atomic E-state index is 15.6. The van der Waals surface area contributed by atoms with Crippen molar-refractivity contribution in [3.63, 3.8) is 0 Å². The lowest BCUT2D eigenvalue weighted by Crippen LogP contribution is -2.58. The highest BCUT2D eigenvalue weighted by Crippen LogP contribution is 2.39. The molecule has 2 aromatic heterocycles. The third kappa shape index (κ3) is 5.82. The molecule has 1 aliphatic heterocycles. The van der Waals surface area contributed by atoms with Gasteiger partial charge in [-0.05, 0) is 50.1 Å². The summed E-state index contributed by atoms with van der Waals surface area (Å²) in [4.78, 5) is 26.4. The van der Waals surface area contributed by atoms with Crippen LogP contribution >= 0.6 is 0 Å². The number of ether oxygens (including phenoxy) is 2. The SMILES string of the molecule is CN(C=N)C(=N)C(F)C1(c2cccc(-n3cc4c(C(F)(F)F)cc(CNC(=O)OC(C)(C)C)cn4c3=O)c2)COC1.